The van der Waals surface area contributed by atoms with E-state index in [2.05, 4.69) is 5.32 Å². The third-order valence-electron chi connectivity index (χ3n) is 3.21. The van der Waals surface area contributed by atoms with E-state index in [0.29, 0.717) is 22.8 Å². The smallest absolute Gasteiger partial charge is 0.255 e. The van der Waals surface area contributed by atoms with Crippen LogP contribution in [-0.2, 0) is 10.8 Å². The minimum absolute atomic E-state index is 0.166. The van der Waals surface area contributed by atoms with Crippen molar-refractivity contribution in [3.05, 3.63) is 59.7 Å². The summed E-state index contributed by atoms with van der Waals surface area (Å²) in [6.07, 6.45) is 1.62. The molecule has 1 amide bonds. The number of ether oxygens (including phenoxy) is 1. The average Bonchev–Trinajstić information content (AvgIpc) is 2.46. The normalized spacial score (nSPS) is 13.2. The van der Waals surface area contributed by atoms with E-state index in [1.165, 1.54) is 0 Å². The number of amides is 1. The lowest BCUT2D eigenvalue weighted by molar-refractivity contribution is 0.0941. The molecule has 0 aliphatic carbocycles. The molecule has 2 atom stereocenters. The van der Waals surface area contributed by atoms with E-state index in [4.69, 9.17) is 4.74 Å². The Morgan fingerprint density at radius 2 is 1.96 bits per heavy atom. The predicted molar refractivity (Wildman–Crippen MR) is 93.6 cm³/mol. The van der Waals surface area contributed by atoms with Crippen LogP contribution in [0.15, 0.2) is 48.5 Å². The van der Waals surface area contributed by atoms with Crippen LogP contribution in [0.3, 0.4) is 0 Å². The molecule has 0 aromatic heterocycles. The van der Waals surface area contributed by atoms with E-state index in [1.807, 2.05) is 44.2 Å². The van der Waals surface area contributed by atoms with Crippen LogP contribution >= 0.6 is 0 Å². The number of para-hydroxylation sites is 1. The molecule has 4 nitrogen and oxygen atoms in total. The van der Waals surface area contributed by atoms with Gasteiger partial charge in [-0.1, -0.05) is 24.3 Å². The minimum atomic E-state index is -0.954. The maximum Gasteiger partial charge on any atom is 0.255 e. The second-order valence-electron chi connectivity index (χ2n) is 5.53. The fourth-order valence-corrected chi connectivity index (χ4v) is 3.03. The van der Waals surface area contributed by atoms with Crippen molar-refractivity contribution in [1.29, 1.82) is 0 Å². The number of aryl methyl sites for hydroxylation is 1. The van der Waals surface area contributed by atoms with Crippen LogP contribution in [0.2, 0.25) is 0 Å². The molecule has 0 unspecified atom stereocenters. The monoisotopic (exact) mass is 331 g/mol. The Balaban J connectivity index is 2.16. The fourth-order valence-electron chi connectivity index (χ4n) is 2.24. The molecule has 23 heavy (non-hydrogen) atoms. The van der Waals surface area contributed by atoms with Gasteiger partial charge in [-0.2, -0.15) is 0 Å². The lowest BCUT2D eigenvalue weighted by Gasteiger charge is -2.15. The summed E-state index contributed by atoms with van der Waals surface area (Å²) in [6, 6.07) is 14.6. The summed E-state index contributed by atoms with van der Waals surface area (Å²) >= 11 is 0. The van der Waals surface area contributed by atoms with Gasteiger partial charge in [0, 0.05) is 28.9 Å². The number of hydrogen-bond donors (Lipinski definition) is 1. The maximum atomic E-state index is 12.4. The zero-order valence-electron chi connectivity index (χ0n) is 13.5. The van der Waals surface area contributed by atoms with Gasteiger partial charge in [0.05, 0.1) is 5.56 Å². The number of hydrogen-bond acceptors (Lipinski definition) is 3. The number of carbonyl (C=O) groups excluding carboxylic acids is 1. The van der Waals surface area contributed by atoms with Crippen LogP contribution in [0.5, 0.6) is 11.5 Å². The number of nitrogens with one attached hydrogen (secondary N) is 1. The standard InChI is InChI=1S/C18H21NO3S/c1-13-7-6-8-15(11-13)22-17-10-5-4-9-16(17)18(20)19-14(2)12-23(3)21/h4-11,14H,12H2,1-3H3,(H,19,20)/t14-,23+/m1/s1. The third kappa shape index (κ3) is 5.21. The van der Waals surface area contributed by atoms with E-state index in [1.54, 1.807) is 24.5 Å². The van der Waals surface area contributed by atoms with Gasteiger partial charge in [0.1, 0.15) is 11.5 Å². The van der Waals surface area contributed by atoms with Crippen LogP contribution in [0.4, 0.5) is 0 Å². The van der Waals surface area contributed by atoms with Crippen molar-refractivity contribution >= 4 is 16.7 Å². The Morgan fingerprint density at radius 1 is 1.22 bits per heavy atom. The number of rotatable bonds is 6. The summed E-state index contributed by atoms with van der Waals surface area (Å²) in [5.41, 5.74) is 1.55. The Hall–Kier alpha value is -2.14. The van der Waals surface area contributed by atoms with Crippen LogP contribution in [0, 0.1) is 6.92 Å². The first-order valence-electron chi connectivity index (χ1n) is 7.40. The molecule has 0 saturated heterocycles. The van der Waals surface area contributed by atoms with Gasteiger partial charge in [0.15, 0.2) is 0 Å². The molecule has 2 aromatic carbocycles. The fraction of sp³-hybridized carbons (Fsp3) is 0.278. The molecular formula is C18H21NO3S. The molecule has 0 saturated carbocycles. The van der Waals surface area contributed by atoms with E-state index >= 15 is 0 Å². The molecule has 0 aliphatic heterocycles. The lowest BCUT2D eigenvalue weighted by atomic mass is 10.1. The largest absolute Gasteiger partial charge is 0.457 e. The molecular weight excluding hydrogens is 310 g/mol. The zero-order chi connectivity index (χ0) is 16.8. The maximum absolute atomic E-state index is 12.4. The van der Waals surface area contributed by atoms with Crippen molar-refractivity contribution < 1.29 is 13.7 Å². The van der Waals surface area contributed by atoms with Crippen molar-refractivity contribution in [2.24, 2.45) is 0 Å². The molecule has 0 radical (unpaired) electrons. The summed E-state index contributed by atoms with van der Waals surface area (Å²) in [6.45, 7) is 3.82. The summed E-state index contributed by atoms with van der Waals surface area (Å²) in [7, 11) is -0.954. The Kier molecular flexibility index (Phi) is 5.93. The lowest BCUT2D eigenvalue weighted by Crippen LogP contribution is -2.36. The van der Waals surface area contributed by atoms with Crippen LogP contribution in [-0.4, -0.2) is 28.2 Å². The third-order valence-corrected chi connectivity index (χ3v) is 4.18. The summed E-state index contributed by atoms with van der Waals surface area (Å²) in [5, 5.41) is 2.85. The molecule has 0 spiro atoms. The molecule has 0 fully saturated rings. The van der Waals surface area contributed by atoms with Crippen LogP contribution in [0.1, 0.15) is 22.8 Å². The zero-order valence-corrected chi connectivity index (χ0v) is 14.4. The Bertz CT molecular complexity index is 715. The molecule has 1 N–H and O–H groups in total. The van der Waals surface area contributed by atoms with Gasteiger partial charge in [-0.05, 0) is 43.7 Å². The van der Waals surface area contributed by atoms with Crippen molar-refractivity contribution in [2.45, 2.75) is 19.9 Å². The highest BCUT2D eigenvalue weighted by molar-refractivity contribution is 7.84. The van der Waals surface area contributed by atoms with Gasteiger partial charge in [-0.25, -0.2) is 0 Å². The van der Waals surface area contributed by atoms with Gasteiger partial charge >= 0.3 is 0 Å². The second kappa shape index (κ2) is 7.92. The van der Waals surface area contributed by atoms with Gasteiger partial charge < -0.3 is 10.1 Å². The van der Waals surface area contributed by atoms with Gasteiger partial charge in [-0.3, -0.25) is 9.00 Å². The highest BCUT2D eigenvalue weighted by atomic mass is 32.2. The van der Waals surface area contributed by atoms with Gasteiger partial charge in [-0.15, -0.1) is 0 Å². The van der Waals surface area contributed by atoms with Gasteiger partial charge in [0.2, 0.25) is 0 Å². The minimum Gasteiger partial charge on any atom is -0.457 e. The summed E-state index contributed by atoms with van der Waals surface area (Å²) < 4.78 is 17.1. The highest BCUT2D eigenvalue weighted by Crippen LogP contribution is 2.25. The molecule has 0 aliphatic rings. The second-order valence-corrected chi connectivity index (χ2v) is 7.01. The van der Waals surface area contributed by atoms with Crippen LogP contribution < -0.4 is 10.1 Å². The molecule has 2 aromatic rings. The molecule has 122 valence electrons. The quantitative estimate of drug-likeness (QED) is 0.884. The Morgan fingerprint density at radius 3 is 2.65 bits per heavy atom. The summed E-state index contributed by atoms with van der Waals surface area (Å²) in [5.74, 6) is 1.38. The summed E-state index contributed by atoms with van der Waals surface area (Å²) in [4.78, 5) is 12.4. The van der Waals surface area contributed by atoms with Crippen molar-refractivity contribution in [2.75, 3.05) is 12.0 Å². The first kappa shape index (κ1) is 17.2. The number of carbonyl (C=O) groups is 1. The van der Waals surface area contributed by atoms with Crippen molar-refractivity contribution in [1.82, 2.24) is 5.32 Å². The molecule has 0 heterocycles. The molecule has 0 bridgehead atoms. The molecule has 5 heteroatoms. The predicted octanol–water partition coefficient (Wildman–Crippen LogP) is 3.28. The van der Waals surface area contributed by atoms with Crippen LogP contribution in [0.25, 0.3) is 0 Å². The van der Waals surface area contributed by atoms with E-state index in [0.717, 1.165) is 5.56 Å². The van der Waals surface area contributed by atoms with E-state index in [9.17, 15) is 9.00 Å². The number of benzene rings is 2. The SMILES string of the molecule is Cc1cccc(Oc2ccccc2C(=O)N[C@H](C)C[S@](C)=O)c1. The van der Waals surface area contributed by atoms with Crippen molar-refractivity contribution in [3.8, 4) is 11.5 Å². The van der Waals surface area contributed by atoms with E-state index in [-0.39, 0.29) is 11.9 Å². The molecule has 2 rings (SSSR count). The van der Waals surface area contributed by atoms with Crippen molar-refractivity contribution in [3.63, 3.8) is 0 Å². The topological polar surface area (TPSA) is 55.4 Å². The first-order chi connectivity index (χ1) is 11.0. The average molecular weight is 331 g/mol. The highest BCUT2D eigenvalue weighted by Gasteiger charge is 2.15. The first-order valence-corrected chi connectivity index (χ1v) is 9.13. The van der Waals surface area contributed by atoms with E-state index < -0.39 is 10.8 Å². The Labute approximate surface area is 139 Å². The van der Waals surface area contributed by atoms with Gasteiger partial charge in [0.25, 0.3) is 5.91 Å².